The molecule has 0 aliphatic rings. The minimum absolute atomic E-state index is 0.290. The standard InChI is InChI=1S/C17H13BrN2O2/c1-11-15(16(21)19-14-9-5-8-13(18)10-14)20-17(22-11)12-6-3-2-4-7-12/h2-10H,1H3,(H,19,21). The van der Waals surface area contributed by atoms with E-state index in [-0.39, 0.29) is 5.91 Å². The van der Waals surface area contributed by atoms with Gasteiger partial charge in [0.05, 0.1) is 0 Å². The summed E-state index contributed by atoms with van der Waals surface area (Å²) in [7, 11) is 0. The maximum atomic E-state index is 12.3. The van der Waals surface area contributed by atoms with Crippen molar-refractivity contribution in [2.75, 3.05) is 5.32 Å². The fourth-order valence-electron chi connectivity index (χ4n) is 2.07. The average molecular weight is 357 g/mol. The van der Waals surface area contributed by atoms with Gasteiger partial charge in [-0.05, 0) is 37.3 Å². The van der Waals surface area contributed by atoms with Crippen LogP contribution >= 0.6 is 15.9 Å². The second-order valence-electron chi connectivity index (χ2n) is 4.75. The van der Waals surface area contributed by atoms with Crippen molar-refractivity contribution >= 4 is 27.5 Å². The first-order valence-electron chi connectivity index (χ1n) is 6.73. The van der Waals surface area contributed by atoms with Gasteiger partial charge in [0.2, 0.25) is 5.89 Å². The summed E-state index contributed by atoms with van der Waals surface area (Å²) in [5, 5.41) is 2.81. The van der Waals surface area contributed by atoms with Crippen molar-refractivity contribution in [3.8, 4) is 11.5 Å². The molecule has 0 aliphatic heterocycles. The van der Waals surface area contributed by atoms with Crippen LogP contribution in [0.2, 0.25) is 0 Å². The first kappa shape index (κ1) is 14.5. The predicted octanol–water partition coefficient (Wildman–Crippen LogP) is 4.66. The number of amides is 1. The fourth-order valence-corrected chi connectivity index (χ4v) is 2.47. The molecule has 0 fully saturated rings. The van der Waals surface area contributed by atoms with Crippen LogP contribution in [0.3, 0.4) is 0 Å². The van der Waals surface area contributed by atoms with Crippen molar-refractivity contribution < 1.29 is 9.21 Å². The number of nitrogens with zero attached hydrogens (tertiary/aromatic N) is 1. The van der Waals surface area contributed by atoms with E-state index < -0.39 is 0 Å². The molecule has 0 saturated heterocycles. The number of oxazole rings is 1. The van der Waals surface area contributed by atoms with Crippen LogP contribution in [0.25, 0.3) is 11.5 Å². The third-order valence-electron chi connectivity index (χ3n) is 3.11. The van der Waals surface area contributed by atoms with Gasteiger partial charge >= 0.3 is 0 Å². The molecule has 0 aliphatic carbocycles. The molecule has 110 valence electrons. The van der Waals surface area contributed by atoms with Crippen LogP contribution in [0.1, 0.15) is 16.2 Å². The largest absolute Gasteiger partial charge is 0.441 e. The highest BCUT2D eigenvalue weighted by atomic mass is 79.9. The lowest BCUT2D eigenvalue weighted by Gasteiger charge is -2.03. The van der Waals surface area contributed by atoms with Crippen LogP contribution in [0, 0.1) is 6.92 Å². The minimum Gasteiger partial charge on any atom is -0.441 e. The van der Waals surface area contributed by atoms with Gasteiger partial charge in [-0.3, -0.25) is 4.79 Å². The molecule has 0 atom stereocenters. The third-order valence-corrected chi connectivity index (χ3v) is 3.61. The molecule has 1 N–H and O–H groups in total. The topological polar surface area (TPSA) is 55.1 Å². The van der Waals surface area contributed by atoms with E-state index in [1.807, 2.05) is 54.6 Å². The summed E-state index contributed by atoms with van der Waals surface area (Å²) in [4.78, 5) is 16.7. The Morgan fingerprint density at radius 2 is 1.91 bits per heavy atom. The second-order valence-corrected chi connectivity index (χ2v) is 5.67. The Bertz CT molecular complexity index is 813. The number of benzene rings is 2. The molecule has 1 aromatic heterocycles. The van der Waals surface area contributed by atoms with Gasteiger partial charge in [-0.15, -0.1) is 0 Å². The summed E-state index contributed by atoms with van der Waals surface area (Å²) >= 11 is 3.37. The van der Waals surface area contributed by atoms with E-state index in [1.54, 1.807) is 6.92 Å². The molecule has 1 heterocycles. The molecule has 1 amide bonds. The Morgan fingerprint density at radius 1 is 1.14 bits per heavy atom. The SMILES string of the molecule is Cc1oc(-c2ccccc2)nc1C(=O)Nc1cccc(Br)c1. The van der Waals surface area contributed by atoms with E-state index >= 15 is 0 Å². The van der Waals surface area contributed by atoms with E-state index in [4.69, 9.17) is 4.42 Å². The number of halogens is 1. The predicted molar refractivity (Wildman–Crippen MR) is 88.8 cm³/mol. The van der Waals surface area contributed by atoms with E-state index in [9.17, 15) is 4.79 Å². The zero-order chi connectivity index (χ0) is 15.5. The number of carbonyl (C=O) groups excluding carboxylic acids is 1. The molecule has 0 unspecified atom stereocenters. The molecule has 3 aromatic rings. The number of rotatable bonds is 3. The first-order chi connectivity index (χ1) is 10.6. The van der Waals surface area contributed by atoms with E-state index in [1.165, 1.54) is 0 Å². The van der Waals surface area contributed by atoms with Crippen molar-refractivity contribution in [1.29, 1.82) is 0 Å². The molecule has 0 radical (unpaired) electrons. The van der Waals surface area contributed by atoms with Gasteiger partial charge in [-0.1, -0.05) is 40.2 Å². The number of nitrogens with one attached hydrogen (secondary N) is 1. The molecule has 4 nitrogen and oxygen atoms in total. The fraction of sp³-hybridized carbons (Fsp3) is 0.0588. The van der Waals surface area contributed by atoms with Gasteiger partial charge in [0.15, 0.2) is 5.69 Å². The van der Waals surface area contributed by atoms with E-state index in [0.717, 1.165) is 10.0 Å². The van der Waals surface area contributed by atoms with Crippen molar-refractivity contribution in [2.24, 2.45) is 0 Å². The Hall–Kier alpha value is -2.40. The molecule has 3 rings (SSSR count). The van der Waals surface area contributed by atoms with Crippen LogP contribution in [-0.4, -0.2) is 10.9 Å². The Balaban J connectivity index is 1.86. The number of carbonyl (C=O) groups is 1. The quantitative estimate of drug-likeness (QED) is 0.741. The van der Waals surface area contributed by atoms with Gasteiger partial charge in [-0.2, -0.15) is 0 Å². The summed E-state index contributed by atoms with van der Waals surface area (Å²) in [6, 6.07) is 16.9. The zero-order valence-electron chi connectivity index (χ0n) is 11.8. The monoisotopic (exact) mass is 356 g/mol. The maximum absolute atomic E-state index is 12.3. The summed E-state index contributed by atoms with van der Waals surface area (Å²) in [5.74, 6) is 0.644. The maximum Gasteiger partial charge on any atom is 0.277 e. The highest BCUT2D eigenvalue weighted by Crippen LogP contribution is 2.22. The lowest BCUT2D eigenvalue weighted by molar-refractivity contribution is 0.102. The summed E-state index contributed by atoms with van der Waals surface area (Å²) in [5.41, 5.74) is 1.83. The van der Waals surface area contributed by atoms with Crippen molar-refractivity contribution in [1.82, 2.24) is 4.98 Å². The molecule has 5 heteroatoms. The third kappa shape index (κ3) is 3.09. The van der Waals surface area contributed by atoms with Crippen LogP contribution in [0.5, 0.6) is 0 Å². The highest BCUT2D eigenvalue weighted by molar-refractivity contribution is 9.10. The number of aromatic nitrogens is 1. The zero-order valence-corrected chi connectivity index (χ0v) is 13.4. The van der Waals surface area contributed by atoms with Crippen LogP contribution in [-0.2, 0) is 0 Å². The number of hydrogen-bond acceptors (Lipinski definition) is 3. The molecule has 0 saturated carbocycles. The Labute approximate surface area is 136 Å². The molecule has 22 heavy (non-hydrogen) atoms. The van der Waals surface area contributed by atoms with Gasteiger partial charge in [0.25, 0.3) is 5.91 Å². The smallest absolute Gasteiger partial charge is 0.277 e. The molecular weight excluding hydrogens is 344 g/mol. The molecule has 0 spiro atoms. The summed E-state index contributed by atoms with van der Waals surface area (Å²) < 4.78 is 6.50. The van der Waals surface area contributed by atoms with Crippen molar-refractivity contribution in [3.63, 3.8) is 0 Å². The van der Waals surface area contributed by atoms with Crippen LogP contribution < -0.4 is 5.32 Å². The van der Waals surface area contributed by atoms with Gasteiger partial charge in [0.1, 0.15) is 5.76 Å². The van der Waals surface area contributed by atoms with Gasteiger partial charge in [-0.25, -0.2) is 4.98 Å². The molecule has 0 bridgehead atoms. The second kappa shape index (κ2) is 6.15. The minimum atomic E-state index is -0.290. The van der Waals surface area contributed by atoms with Gasteiger partial charge < -0.3 is 9.73 Å². The van der Waals surface area contributed by atoms with Crippen molar-refractivity contribution in [2.45, 2.75) is 6.92 Å². The lowest BCUT2D eigenvalue weighted by atomic mass is 10.2. The number of aryl methyl sites for hydroxylation is 1. The Kier molecular flexibility index (Phi) is 4.06. The average Bonchev–Trinajstić information content (AvgIpc) is 2.90. The summed E-state index contributed by atoms with van der Waals surface area (Å²) in [6.45, 7) is 1.73. The van der Waals surface area contributed by atoms with E-state index in [2.05, 4.69) is 26.2 Å². The van der Waals surface area contributed by atoms with Crippen LogP contribution in [0.4, 0.5) is 5.69 Å². The summed E-state index contributed by atoms with van der Waals surface area (Å²) in [6.07, 6.45) is 0. The number of anilines is 1. The highest BCUT2D eigenvalue weighted by Gasteiger charge is 2.18. The Morgan fingerprint density at radius 3 is 2.64 bits per heavy atom. The molecular formula is C17H13BrN2O2. The normalized spacial score (nSPS) is 10.5. The van der Waals surface area contributed by atoms with Gasteiger partial charge in [0, 0.05) is 15.7 Å². The van der Waals surface area contributed by atoms with E-state index in [0.29, 0.717) is 23.0 Å². The van der Waals surface area contributed by atoms with Crippen LogP contribution in [0.15, 0.2) is 63.5 Å². The molecule has 2 aromatic carbocycles. The van der Waals surface area contributed by atoms with Crippen molar-refractivity contribution in [3.05, 3.63) is 70.5 Å². The number of hydrogen-bond donors (Lipinski definition) is 1. The lowest BCUT2D eigenvalue weighted by Crippen LogP contribution is -2.13. The first-order valence-corrected chi connectivity index (χ1v) is 7.52.